The van der Waals surface area contributed by atoms with Gasteiger partial charge in [0.05, 0.1) is 19.1 Å². The Bertz CT molecular complexity index is 965. The molecule has 7 nitrogen and oxygen atoms in total. The number of ether oxygens (including phenoxy) is 2. The summed E-state index contributed by atoms with van der Waals surface area (Å²) in [6.45, 7) is 4.38. The van der Waals surface area contributed by atoms with Crippen molar-refractivity contribution in [3.63, 3.8) is 0 Å². The van der Waals surface area contributed by atoms with Crippen molar-refractivity contribution in [1.29, 1.82) is 0 Å². The van der Waals surface area contributed by atoms with Gasteiger partial charge >= 0.3 is 0 Å². The molecule has 0 aliphatic carbocycles. The van der Waals surface area contributed by atoms with Crippen LogP contribution >= 0.6 is 0 Å². The molecule has 29 heavy (non-hydrogen) atoms. The van der Waals surface area contributed by atoms with E-state index in [1.54, 1.807) is 57.4 Å². The fourth-order valence-corrected chi connectivity index (χ4v) is 4.27. The zero-order valence-electron chi connectivity index (χ0n) is 17.0. The first-order chi connectivity index (χ1) is 13.9. The third-order valence-corrected chi connectivity index (χ3v) is 6.38. The molecule has 0 saturated heterocycles. The number of methoxy groups -OCH3 is 2. The lowest BCUT2D eigenvalue weighted by Crippen LogP contribution is -2.30. The number of hydrogen-bond acceptors (Lipinski definition) is 5. The maximum Gasteiger partial charge on any atom is 0.248 e. The second kappa shape index (κ2) is 10.1. The fraction of sp³-hybridized carbons (Fsp3) is 0.286. The van der Waals surface area contributed by atoms with Crippen molar-refractivity contribution in [2.75, 3.05) is 32.6 Å². The van der Waals surface area contributed by atoms with E-state index in [1.165, 1.54) is 29.6 Å². The third kappa shape index (κ3) is 5.36. The molecule has 156 valence electrons. The lowest BCUT2D eigenvalue weighted by molar-refractivity contribution is -0.111. The summed E-state index contributed by atoms with van der Waals surface area (Å²) in [5.74, 6) is 0.749. The zero-order valence-corrected chi connectivity index (χ0v) is 17.8. The Morgan fingerprint density at radius 2 is 1.69 bits per heavy atom. The number of amides is 1. The number of benzene rings is 2. The van der Waals surface area contributed by atoms with E-state index in [0.29, 0.717) is 35.8 Å². The zero-order chi connectivity index (χ0) is 21.4. The Hall–Kier alpha value is -2.84. The SMILES string of the molecule is CCN(CC)S(=O)(=O)c1ccc(NC(=O)C=Cc2cccc(OC)c2OC)cc1. The van der Waals surface area contributed by atoms with Gasteiger partial charge in [-0.05, 0) is 36.4 Å². The molecule has 0 spiro atoms. The largest absolute Gasteiger partial charge is 0.493 e. The van der Waals surface area contributed by atoms with E-state index >= 15 is 0 Å². The van der Waals surface area contributed by atoms with Gasteiger partial charge in [-0.1, -0.05) is 26.0 Å². The lowest BCUT2D eigenvalue weighted by atomic mass is 10.1. The van der Waals surface area contributed by atoms with Crippen molar-refractivity contribution in [2.45, 2.75) is 18.7 Å². The van der Waals surface area contributed by atoms with Crippen molar-refractivity contribution in [2.24, 2.45) is 0 Å². The van der Waals surface area contributed by atoms with Gasteiger partial charge in [-0.15, -0.1) is 0 Å². The highest BCUT2D eigenvalue weighted by atomic mass is 32.2. The van der Waals surface area contributed by atoms with Gasteiger partial charge in [-0.2, -0.15) is 4.31 Å². The van der Waals surface area contributed by atoms with Crippen LogP contribution in [0.1, 0.15) is 19.4 Å². The van der Waals surface area contributed by atoms with Crippen molar-refractivity contribution < 1.29 is 22.7 Å². The average Bonchev–Trinajstić information content (AvgIpc) is 2.72. The van der Waals surface area contributed by atoms with Gasteiger partial charge in [-0.3, -0.25) is 4.79 Å². The minimum Gasteiger partial charge on any atom is -0.493 e. The predicted octanol–water partition coefficient (Wildman–Crippen LogP) is 3.39. The first-order valence-electron chi connectivity index (χ1n) is 9.17. The molecular weight excluding hydrogens is 392 g/mol. The number of carbonyl (C=O) groups excluding carboxylic acids is 1. The smallest absolute Gasteiger partial charge is 0.248 e. The second-order valence-electron chi connectivity index (χ2n) is 6.02. The van der Waals surface area contributed by atoms with E-state index in [9.17, 15) is 13.2 Å². The molecule has 0 bridgehead atoms. The molecule has 2 aromatic carbocycles. The van der Waals surface area contributed by atoms with Gasteiger partial charge in [0.25, 0.3) is 0 Å². The molecule has 0 unspecified atom stereocenters. The van der Waals surface area contributed by atoms with Gasteiger partial charge in [-0.25, -0.2) is 8.42 Å². The maximum absolute atomic E-state index is 12.5. The van der Waals surface area contributed by atoms with Gasteiger partial charge in [0.15, 0.2) is 11.5 Å². The summed E-state index contributed by atoms with van der Waals surface area (Å²) in [6, 6.07) is 11.5. The molecule has 0 atom stereocenters. The Kier molecular flexibility index (Phi) is 7.81. The average molecular weight is 419 g/mol. The van der Waals surface area contributed by atoms with Crippen LogP contribution in [0.5, 0.6) is 11.5 Å². The second-order valence-corrected chi connectivity index (χ2v) is 7.96. The van der Waals surface area contributed by atoms with Crippen LogP contribution in [0.15, 0.2) is 53.4 Å². The molecule has 0 aromatic heterocycles. The monoisotopic (exact) mass is 418 g/mol. The Labute approximate surface area is 172 Å². The fourth-order valence-electron chi connectivity index (χ4n) is 2.82. The van der Waals surface area contributed by atoms with Gasteiger partial charge in [0, 0.05) is 30.4 Å². The van der Waals surface area contributed by atoms with Crippen molar-refractivity contribution in [1.82, 2.24) is 4.31 Å². The molecule has 0 saturated carbocycles. The van der Waals surface area contributed by atoms with Crippen LogP contribution in [0.2, 0.25) is 0 Å². The highest BCUT2D eigenvalue weighted by Crippen LogP contribution is 2.31. The molecule has 2 rings (SSSR count). The number of carbonyl (C=O) groups is 1. The first kappa shape index (κ1) is 22.4. The summed E-state index contributed by atoms with van der Waals surface area (Å²) in [5.41, 5.74) is 1.19. The van der Waals surface area contributed by atoms with E-state index in [4.69, 9.17) is 9.47 Å². The topological polar surface area (TPSA) is 84.9 Å². The van der Waals surface area contributed by atoms with Crippen LogP contribution in [-0.4, -0.2) is 45.9 Å². The van der Waals surface area contributed by atoms with Crippen LogP contribution in [0.4, 0.5) is 5.69 Å². The summed E-state index contributed by atoms with van der Waals surface area (Å²) < 4.78 is 37.0. The number of sulfonamides is 1. The molecule has 1 N–H and O–H groups in total. The Morgan fingerprint density at radius 3 is 2.24 bits per heavy atom. The third-order valence-electron chi connectivity index (χ3n) is 4.31. The number of nitrogens with one attached hydrogen (secondary N) is 1. The maximum atomic E-state index is 12.5. The summed E-state index contributed by atoms with van der Waals surface area (Å²) in [4.78, 5) is 12.4. The molecule has 1 amide bonds. The van der Waals surface area contributed by atoms with Crippen LogP contribution in [0.25, 0.3) is 6.08 Å². The predicted molar refractivity (Wildman–Crippen MR) is 114 cm³/mol. The normalized spacial score (nSPS) is 11.6. The quantitative estimate of drug-likeness (QED) is 0.631. The molecule has 2 aromatic rings. The standard InChI is InChI=1S/C21H26N2O5S/c1-5-23(6-2)29(25,26)18-13-11-17(12-14-18)22-20(24)15-10-16-8-7-9-19(27-3)21(16)28-4/h7-15H,5-6H2,1-4H3,(H,22,24). The summed E-state index contributed by atoms with van der Waals surface area (Å²) >= 11 is 0. The summed E-state index contributed by atoms with van der Waals surface area (Å²) in [6.07, 6.45) is 2.99. The van der Waals surface area contributed by atoms with Crippen LogP contribution in [0.3, 0.4) is 0 Å². The van der Waals surface area contributed by atoms with Gasteiger partial charge < -0.3 is 14.8 Å². The first-order valence-corrected chi connectivity index (χ1v) is 10.6. The summed E-state index contributed by atoms with van der Waals surface area (Å²) in [5, 5.41) is 2.71. The van der Waals surface area contributed by atoms with Crippen LogP contribution < -0.4 is 14.8 Å². The minimum absolute atomic E-state index is 0.191. The highest BCUT2D eigenvalue weighted by Gasteiger charge is 2.21. The lowest BCUT2D eigenvalue weighted by Gasteiger charge is -2.18. The van der Waals surface area contributed by atoms with Crippen molar-refractivity contribution >= 4 is 27.7 Å². The van der Waals surface area contributed by atoms with E-state index < -0.39 is 10.0 Å². The van der Waals surface area contributed by atoms with Crippen molar-refractivity contribution in [3.8, 4) is 11.5 Å². The molecular formula is C21H26N2O5S. The molecule has 0 aliphatic rings. The van der Waals surface area contributed by atoms with Crippen molar-refractivity contribution in [3.05, 3.63) is 54.1 Å². The number of nitrogens with zero attached hydrogens (tertiary/aromatic N) is 1. The molecule has 0 radical (unpaired) electrons. The van der Waals surface area contributed by atoms with Crippen LogP contribution in [0, 0.1) is 0 Å². The minimum atomic E-state index is -3.53. The number of para-hydroxylation sites is 1. The highest BCUT2D eigenvalue weighted by molar-refractivity contribution is 7.89. The Balaban J connectivity index is 2.12. The van der Waals surface area contributed by atoms with E-state index in [1.807, 2.05) is 0 Å². The Morgan fingerprint density at radius 1 is 1.03 bits per heavy atom. The van der Waals surface area contributed by atoms with E-state index in [-0.39, 0.29) is 10.8 Å². The van der Waals surface area contributed by atoms with Gasteiger partial charge in [0.1, 0.15) is 0 Å². The molecule has 0 heterocycles. The number of rotatable bonds is 9. The molecule has 0 aliphatic heterocycles. The number of anilines is 1. The van der Waals surface area contributed by atoms with E-state index in [0.717, 1.165) is 0 Å². The van der Waals surface area contributed by atoms with Crippen LogP contribution in [-0.2, 0) is 14.8 Å². The van der Waals surface area contributed by atoms with E-state index in [2.05, 4.69) is 5.32 Å². The van der Waals surface area contributed by atoms with Gasteiger partial charge in [0.2, 0.25) is 15.9 Å². The summed E-state index contributed by atoms with van der Waals surface area (Å²) in [7, 11) is -0.451. The molecule has 8 heteroatoms. The molecule has 0 fully saturated rings. The number of hydrogen-bond donors (Lipinski definition) is 1.